The van der Waals surface area contributed by atoms with Crippen molar-refractivity contribution in [2.45, 2.75) is 32.2 Å². The van der Waals surface area contributed by atoms with Gasteiger partial charge >= 0.3 is 5.97 Å². The lowest BCUT2D eigenvalue weighted by Crippen LogP contribution is -2.35. The van der Waals surface area contributed by atoms with E-state index in [0.29, 0.717) is 19.4 Å². The summed E-state index contributed by atoms with van der Waals surface area (Å²) in [5.41, 5.74) is 1.12. The van der Waals surface area contributed by atoms with Gasteiger partial charge in [0.1, 0.15) is 0 Å². The molecule has 1 aliphatic carbocycles. The number of rotatable bonds is 4. The van der Waals surface area contributed by atoms with Crippen LogP contribution in [-0.2, 0) is 16.1 Å². The summed E-state index contributed by atoms with van der Waals surface area (Å²) in [6, 6.07) is 8.15. The monoisotopic (exact) mass is 317 g/mol. The number of aliphatic carboxylic acids is 1. The molecule has 1 aromatic heterocycles. The standard InChI is InChI=1S/C17H19NO3S/c19-16(11-4-3-5-12(8-11)17(20)21)18-9-13-10-22-15-7-2-1-6-14(13)15/h1-2,6-7,10-12H,3-5,8-9H2,(H,18,19)(H,20,21). The van der Waals surface area contributed by atoms with Gasteiger partial charge in [0, 0.05) is 17.2 Å². The van der Waals surface area contributed by atoms with Crippen LogP contribution in [0.5, 0.6) is 0 Å². The first-order chi connectivity index (χ1) is 10.6. The second kappa shape index (κ2) is 6.48. The number of carboxylic acids is 1. The van der Waals surface area contributed by atoms with Crippen LogP contribution < -0.4 is 5.32 Å². The summed E-state index contributed by atoms with van der Waals surface area (Å²) < 4.78 is 1.22. The van der Waals surface area contributed by atoms with E-state index >= 15 is 0 Å². The summed E-state index contributed by atoms with van der Waals surface area (Å²) in [5.74, 6) is -1.33. The van der Waals surface area contributed by atoms with Crippen molar-refractivity contribution >= 4 is 33.3 Å². The van der Waals surface area contributed by atoms with Crippen molar-refractivity contribution in [3.8, 4) is 0 Å². The first-order valence-corrected chi connectivity index (χ1v) is 8.48. The van der Waals surface area contributed by atoms with Crippen LogP contribution >= 0.6 is 11.3 Å². The van der Waals surface area contributed by atoms with Crippen LogP contribution in [-0.4, -0.2) is 17.0 Å². The van der Waals surface area contributed by atoms with Crippen LogP contribution in [0.2, 0.25) is 0 Å². The molecule has 1 saturated carbocycles. The number of carboxylic acid groups (broad SMARTS) is 1. The SMILES string of the molecule is O=C(O)C1CCCC(C(=O)NCc2csc3ccccc23)C1. The Labute approximate surface area is 133 Å². The maximum atomic E-state index is 12.3. The van der Waals surface area contributed by atoms with E-state index in [1.165, 1.54) is 10.1 Å². The van der Waals surface area contributed by atoms with Crippen LogP contribution in [0.15, 0.2) is 29.6 Å². The van der Waals surface area contributed by atoms with Crippen LogP contribution in [0, 0.1) is 11.8 Å². The molecule has 0 aliphatic heterocycles. The Kier molecular flexibility index (Phi) is 4.43. The van der Waals surface area contributed by atoms with Gasteiger partial charge in [-0.05, 0) is 41.7 Å². The van der Waals surface area contributed by atoms with E-state index in [1.54, 1.807) is 11.3 Å². The zero-order valence-corrected chi connectivity index (χ0v) is 13.1. The predicted octanol–water partition coefficient (Wildman–Crippen LogP) is 3.41. The molecular weight excluding hydrogens is 298 g/mol. The van der Waals surface area contributed by atoms with E-state index < -0.39 is 5.97 Å². The van der Waals surface area contributed by atoms with Crippen LogP contribution in [0.25, 0.3) is 10.1 Å². The largest absolute Gasteiger partial charge is 0.481 e. The van der Waals surface area contributed by atoms with Crippen LogP contribution in [0.1, 0.15) is 31.2 Å². The number of thiophene rings is 1. The van der Waals surface area contributed by atoms with Gasteiger partial charge in [0.15, 0.2) is 0 Å². The molecular formula is C17H19NO3S. The van der Waals surface area contributed by atoms with Gasteiger partial charge in [-0.15, -0.1) is 11.3 Å². The molecule has 0 spiro atoms. The topological polar surface area (TPSA) is 66.4 Å². The zero-order valence-electron chi connectivity index (χ0n) is 12.2. The van der Waals surface area contributed by atoms with E-state index in [-0.39, 0.29) is 17.7 Å². The van der Waals surface area contributed by atoms with Gasteiger partial charge < -0.3 is 10.4 Å². The second-order valence-electron chi connectivity index (χ2n) is 5.87. The summed E-state index contributed by atoms with van der Waals surface area (Å²) in [6.45, 7) is 0.511. The summed E-state index contributed by atoms with van der Waals surface area (Å²) in [4.78, 5) is 23.4. The number of carbonyl (C=O) groups excluding carboxylic acids is 1. The fourth-order valence-corrected chi connectivity index (χ4v) is 4.11. The molecule has 116 valence electrons. The summed E-state index contributed by atoms with van der Waals surface area (Å²) in [7, 11) is 0. The average Bonchev–Trinajstić information content (AvgIpc) is 2.96. The first-order valence-electron chi connectivity index (χ1n) is 7.61. The lowest BCUT2D eigenvalue weighted by Gasteiger charge is -2.25. The highest BCUT2D eigenvalue weighted by Gasteiger charge is 2.30. The van der Waals surface area contributed by atoms with Gasteiger partial charge in [-0.1, -0.05) is 24.6 Å². The Morgan fingerprint density at radius 3 is 2.82 bits per heavy atom. The van der Waals surface area contributed by atoms with Gasteiger partial charge in [0.2, 0.25) is 5.91 Å². The highest BCUT2D eigenvalue weighted by molar-refractivity contribution is 7.17. The van der Waals surface area contributed by atoms with E-state index in [2.05, 4.69) is 22.8 Å². The third kappa shape index (κ3) is 3.14. The highest BCUT2D eigenvalue weighted by atomic mass is 32.1. The summed E-state index contributed by atoms with van der Waals surface area (Å²) >= 11 is 1.68. The number of benzene rings is 1. The molecule has 3 rings (SSSR count). The number of amides is 1. The van der Waals surface area contributed by atoms with Crippen molar-refractivity contribution in [3.63, 3.8) is 0 Å². The molecule has 0 saturated heterocycles. The molecule has 1 amide bonds. The van der Waals surface area contributed by atoms with E-state index in [4.69, 9.17) is 5.11 Å². The lowest BCUT2D eigenvalue weighted by atomic mass is 9.81. The van der Waals surface area contributed by atoms with Crippen molar-refractivity contribution in [2.75, 3.05) is 0 Å². The van der Waals surface area contributed by atoms with E-state index in [0.717, 1.165) is 18.4 Å². The fraction of sp³-hybridized carbons (Fsp3) is 0.412. The minimum atomic E-state index is -0.777. The Morgan fingerprint density at radius 2 is 2.00 bits per heavy atom. The number of fused-ring (bicyclic) bond motifs is 1. The fourth-order valence-electron chi connectivity index (χ4n) is 3.15. The van der Waals surface area contributed by atoms with Gasteiger partial charge in [-0.25, -0.2) is 0 Å². The molecule has 22 heavy (non-hydrogen) atoms. The molecule has 1 aliphatic rings. The minimum absolute atomic E-state index is 0.0127. The summed E-state index contributed by atoms with van der Waals surface area (Å²) in [5, 5.41) is 15.3. The van der Waals surface area contributed by atoms with Crippen LogP contribution in [0.3, 0.4) is 0 Å². The third-order valence-corrected chi connectivity index (χ3v) is 5.42. The molecule has 2 N–H and O–H groups in total. The molecule has 2 aromatic rings. The molecule has 1 aromatic carbocycles. The van der Waals surface area contributed by atoms with E-state index in [1.807, 2.05) is 12.1 Å². The number of hydrogen-bond acceptors (Lipinski definition) is 3. The Morgan fingerprint density at radius 1 is 1.23 bits per heavy atom. The van der Waals surface area contributed by atoms with Crippen molar-refractivity contribution in [1.29, 1.82) is 0 Å². The van der Waals surface area contributed by atoms with Gasteiger partial charge in [-0.3, -0.25) is 9.59 Å². The Balaban J connectivity index is 1.61. The van der Waals surface area contributed by atoms with Crippen LogP contribution in [0.4, 0.5) is 0 Å². The quantitative estimate of drug-likeness (QED) is 0.908. The summed E-state index contributed by atoms with van der Waals surface area (Å²) in [6.07, 6.45) is 2.76. The highest BCUT2D eigenvalue weighted by Crippen LogP contribution is 2.30. The molecule has 0 radical (unpaired) electrons. The predicted molar refractivity (Wildman–Crippen MR) is 86.8 cm³/mol. The average molecular weight is 317 g/mol. The molecule has 0 bridgehead atoms. The third-order valence-electron chi connectivity index (χ3n) is 4.41. The normalized spacial score (nSPS) is 21.6. The maximum Gasteiger partial charge on any atom is 0.306 e. The van der Waals surface area contributed by atoms with Gasteiger partial charge in [0.25, 0.3) is 0 Å². The molecule has 5 heteroatoms. The van der Waals surface area contributed by atoms with Gasteiger partial charge in [-0.2, -0.15) is 0 Å². The molecule has 1 fully saturated rings. The minimum Gasteiger partial charge on any atom is -0.481 e. The van der Waals surface area contributed by atoms with Crippen molar-refractivity contribution in [1.82, 2.24) is 5.32 Å². The van der Waals surface area contributed by atoms with Gasteiger partial charge in [0.05, 0.1) is 5.92 Å². The maximum absolute atomic E-state index is 12.3. The smallest absolute Gasteiger partial charge is 0.306 e. The van der Waals surface area contributed by atoms with E-state index in [9.17, 15) is 9.59 Å². The van der Waals surface area contributed by atoms with Crippen molar-refractivity contribution in [3.05, 3.63) is 35.2 Å². The number of nitrogens with one attached hydrogen (secondary N) is 1. The second-order valence-corrected chi connectivity index (χ2v) is 6.78. The zero-order chi connectivity index (χ0) is 15.5. The van der Waals surface area contributed by atoms with Crippen molar-refractivity contribution in [2.24, 2.45) is 11.8 Å². The lowest BCUT2D eigenvalue weighted by molar-refractivity contribution is -0.144. The van der Waals surface area contributed by atoms with Crippen molar-refractivity contribution < 1.29 is 14.7 Å². The Hall–Kier alpha value is -1.88. The molecule has 2 unspecified atom stereocenters. The number of carbonyl (C=O) groups is 2. The Bertz CT molecular complexity index is 694. The molecule has 4 nitrogen and oxygen atoms in total. The molecule has 1 heterocycles. The molecule has 2 atom stereocenters. The first kappa shape index (κ1) is 15.0. The number of hydrogen-bond donors (Lipinski definition) is 2.